The number of amides is 1. The molecule has 22 heavy (non-hydrogen) atoms. The Morgan fingerprint density at radius 3 is 2.73 bits per heavy atom. The quantitative estimate of drug-likeness (QED) is 0.791. The molecule has 1 aliphatic heterocycles. The summed E-state index contributed by atoms with van der Waals surface area (Å²) >= 11 is 0. The number of hydroxylamine groups is 2. The summed E-state index contributed by atoms with van der Waals surface area (Å²) in [6.07, 6.45) is 9.79. The molecule has 0 saturated carbocycles. The van der Waals surface area contributed by atoms with Crippen LogP contribution in [0.1, 0.15) is 52.4 Å². The van der Waals surface area contributed by atoms with Crippen LogP contribution in [0.4, 0.5) is 0 Å². The van der Waals surface area contributed by atoms with Gasteiger partial charge in [-0.25, -0.2) is 4.79 Å². The van der Waals surface area contributed by atoms with E-state index in [4.69, 9.17) is 0 Å². The van der Waals surface area contributed by atoms with Gasteiger partial charge in [-0.15, -0.1) is 0 Å². The van der Waals surface area contributed by atoms with Crippen LogP contribution < -0.4 is 5.06 Å². The highest BCUT2D eigenvalue weighted by molar-refractivity contribution is 5.78. The van der Waals surface area contributed by atoms with Crippen LogP contribution >= 0.6 is 0 Å². The van der Waals surface area contributed by atoms with Crippen LogP contribution in [0.5, 0.6) is 0 Å². The highest BCUT2D eigenvalue weighted by Gasteiger charge is 2.41. The summed E-state index contributed by atoms with van der Waals surface area (Å²) in [5.74, 6) is -0.214. The Kier molecular flexibility index (Phi) is 4.62. The number of hydrogen-bond acceptors (Lipinski definition) is 3. The van der Waals surface area contributed by atoms with Crippen LogP contribution in [-0.4, -0.2) is 29.9 Å². The van der Waals surface area contributed by atoms with Crippen molar-refractivity contribution in [1.29, 1.82) is 0 Å². The fraction of sp³-hybridized carbons (Fsp3) is 0.611. The lowest BCUT2D eigenvalue weighted by Crippen LogP contribution is -3.06. The predicted octanol–water partition coefficient (Wildman–Crippen LogP) is 2.09. The minimum atomic E-state index is -0.224. The van der Waals surface area contributed by atoms with Crippen LogP contribution in [0, 0.1) is 5.21 Å². The maximum atomic E-state index is 12.2. The number of hydrogen-bond donors (Lipinski definition) is 1. The summed E-state index contributed by atoms with van der Waals surface area (Å²) in [6, 6.07) is 0.313. The Bertz CT molecular complexity index is 553. The van der Waals surface area contributed by atoms with E-state index in [0.29, 0.717) is 12.5 Å². The molecule has 0 aromatic carbocycles. The van der Waals surface area contributed by atoms with Crippen molar-refractivity contribution in [2.75, 3.05) is 13.1 Å². The van der Waals surface area contributed by atoms with Crippen molar-refractivity contribution in [2.45, 2.75) is 58.4 Å². The first kappa shape index (κ1) is 15.7. The molecule has 0 saturated heterocycles. The van der Waals surface area contributed by atoms with Gasteiger partial charge in [0, 0.05) is 18.0 Å². The molecule has 0 aromatic rings. The molecule has 4 heteroatoms. The molecule has 0 fully saturated rings. The van der Waals surface area contributed by atoms with E-state index in [1.54, 1.807) is 0 Å². The molecule has 3 aliphatic rings. The number of rotatable bonds is 5. The summed E-state index contributed by atoms with van der Waals surface area (Å²) < 4.78 is 0. The lowest BCUT2D eigenvalue weighted by Gasteiger charge is -2.38. The third-order valence-corrected chi connectivity index (χ3v) is 5.03. The monoisotopic (exact) mass is 302 g/mol. The average molecular weight is 302 g/mol. The zero-order valence-corrected chi connectivity index (χ0v) is 13.7. The highest BCUT2D eigenvalue weighted by Crippen LogP contribution is 2.39. The van der Waals surface area contributed by atoms with Crippen LogP contribution in [0.3, 0.4) is 0 Å². The predicted molar refractivity (Wildman–Crippen MR) is 86.9 cm³/mol. The third-order valence-electron chi connectivity index (χ3n) is 5.03. The fourth-order valence-corrected chi connectivity index (χ4v) is 4.11. The Morgan fingerprint density at radius 1 is 1.32 bits per heavy atom. The Hall–Kier alpha value is -1.23. The van der Waals surface area contributed by atoms with E-state index in [9.17, 15) is 10.0 Å². The second-order valence-electron chi connectivity index (χ2n) is 6.52. The van der Waals surface area contributed by atoms with Gasteiger partial charge in [0.15, 0.2) is 0 Å². The van der Waals surface area contributed by atoms with E-state index in [2.05, 4.69) is 30.9 Å². The van der Waals surface area contributed by atoms with Gasteiger partial charge in [0.05, 0.1) is 6.42 Å². The lowest BCUT2D eigenvalue weighted by atomic mass is 9.80. The van der Waals surface area contributed by atoms with Gasteiger partial charge in [0.1, 0.15) is 5.70 Å². The van der Waals surface area contributed by atoms with Crippen molar-refractivity contribution in [1.82, 2.24) is 4.90 Å². The van der Waals surface area contributed by atoms with Crippen LogP contribution in [0.15, 0.2) is 34.6 Å². The molecule has 0 bridgehead atoms. The fourth-order valence-electron chi connectivity index (χ4n) is 4.11. The van der Waals surface area contributed by atoms with E-state index in [0.717, 1.165) is 56.5 Å². The van der Waals surface area contributed by atoms with Crippen LogP contribution in [0.25, 0.3) is 0 Å². The number of nitrogens with zero attached hydrogens (tertiary/aromatic N) is 1. The van der Waals surface area contributed by atoms with Gasteiger partial charge in [-0.05, 0) is 49.9 Å². The second kappa shape index (κ2) is 6.49. The molecule has 2 atom stereocenters. The summed E-state index contributed by atoms with van der Waals surface area (Å²) in [7, 11) is 0. The number of carbonyl (C=O) groups excluding carboxylic acids is 1. The molecule has 0 spiro atoms. The van der Waals surface area contributed by atoms with E-state index in [1.807, 2.05) is 0 Å². The molecule has 3 rings (SSSR count). The number of fused-ring (bicyclic) bond motifs is 1. The van der Waals surface area contributed by atoms with Gasteiger partial charge in [0.25, 0.3) is 0 Å². The van der Waals surface area contributed by atoms with Gasteiger partial charge in [-0.3, -0.25) is 9.96 Å². The Morgan fingerprint density at radius 2 is 2.05 bits per heavy atom. The van der Waals surface area contributed by atoms with Crippen molar-refractivity contribution in [3.05, 3.63) is 39.8 Å². The van der Waals surface area contributed by atoms with Crippen molar-refractivity contribution in [3.8, 4) is 0 Å². The molecule has 2 aliphatic carbocycles. The van der Waals surface area contributed by atoms with Crippen molar-refractivity contribution in [3.63, 3.8) is 0 Å². The molecule has 1 heterocycles. The Balaban J connectivity index is 1.98. The molecule has 120 valence electrons. The topological polar surface area (TPSA) is 47.8 Å². The first-order valence-electron chi connectivity index (χ1n) is 8.60. The average Bonchev–Trinajstić information content (AvgIpc) is 2.82. The standard InChI is InChI=1S/C18H26N2O2/c1-3-9-19(10-4-2)16-12-17-15(11-18(21)20(17)22)13-7-5-6-8-14(13)16/h5,7,16,20H,3-4,6,8-12H2,1-2H3. The molecule has 2 unspecified atom stereocenters. The minimum absolute atomic E-state index is 0.214. The second-order valence-corrected chi connectivity index (χ2v) is 6.52. The van der Waals surface area contributed by atoms with Crippen LogP contribution in [-0.2, 0) is 4.79 Å². The maximum absolute atomic E-state index is 12.2. The van der Waals surface area contributed by atoms with Gasteiger partial charge in [-0.1, -0.05) is 26.0 Å². The zero-order chi connectivity index (χ0) is 15.7. The minimum Gasteiger partial charge on any atom is -0.621 e. The smallest absolute Gasteiger partial charge is 0.321 e. The van der Waals surface area contributed by atoms with E-state index in [-0.39, 0.29) is 11.0 Å². The van der Waals surface area contributed by atoms with Crippen molar-refractivity contribution >= 4 is 5.91 Å². The van der Waals surface area contributed by atoms with E-state index < -0.39 is 0 Å². The van der Waals surface area contributed by atoms with E-state index in [1.165, 1.54) is 11.1 Å². The van der Waals surface area contributed by atoms with Gasteiger partial charge >= 0.3 is 5.91 Å². The Labute approximate surface area is 132 Å². The van der Waals surface area contributed by atoms with Crippen LogP contribution in [0.2, 0.25) is 0 Å². The first-order chi connectivity index (χ1) is 10.7. The summed E-state index contributed by atoms with van der Waals surface area (Å²) in [5, 5.41) is 12.0. The van der Waals surface area contributed by atoms with E-state index >= 15 is 0 Å². The summed E-state index contributed by atoms with van der Waals surface area (Å²) in [5.41, 5.74) is 4.50. The zero-order valence-electron chi connectivity index (χ0n) is 13.7. The molecule has 1 N–H and O–H groups in total. The normalized spacial score (nSPS) is 27.7. The summed E-state index contributed by atoms with van der Waals surface area (Å²) in [6.45, 7) is 6.53. The molecule has 0 radical (unpaired) electrons. The number of allylic oxidation sites excluding steroid dienone is 3. The molecular weight excluding hydrogens is 276 g/mol. The number of nitrogens with one attached hydrogen (secondary N) is 1. The third kappa shape index (κ3) is 2.60. The SMILES string of the molecule is CCCN(CCC)C1CC2=C(CC(=O)[NH+]2[O-])C2=C1CCC=C2. The van der Waals surface area contributed by atoms with Crippen molar-refractivity contribution in [2.24, 2.45) is 0 Å². The van der Waals surface area contributed by atoms with Gasteiger partial charge < -0.3 is 5.21 Å². The number of quaternary nitrogens is 1. The van der Waals surface area contributed by atoms with Gasteiger partial charge in [-0.2, -0.15) is 0 Å². The molecule has 1 amide bonds. The van der Waals surface area contributed by atoms with Crippen molar-refractivity contribution < 1.29 is 9.86 Å². The molecule has 0 aromatic heterocycles. The molecular formula is C18H26N2O2. The number of carbonyl (C=O) groups is 1. The summed E-state index contributed by atoms with van der Waals surface area (Å²) in [4.78, 5) is 14.4. The molecule has 4 nitrogen and oxygen atoms in total. The lowest BCUT2D eigenvalue weighted by molar-refractivity contribution is -0.718. The highest BCUT2D eigenvalue weighted by atomic mass is 16.5. The van der Waals surface area contributed by atoms with Gasteiger partial charge in [0.2, 0.25) is 0 Å². The maximum Gasteiger partial charge on any atom is 0.321 e. The first-order valence-corrected chi connectivity index (χ1v) is 8.60. The largest absolute Gasteiger partial charge is 0.621 e.